The van der Waals surface area contributed by atoms with Gasteiger partial charge in [-0.3, -0.25) is 4.79 Å². The van der Waals surface area contributed by atoms with E-state index in [1.54, 1.807) is 6.20 Å². The first-order valence-corrected chi connectivity index (χ1v) is 11.4. The van der Waals surface area contributed by atoms with E-state index in [0.29, 0.717) is 30.2 Å². The summed E-state index contributed by atoms with van der Waals surface area (Å²) in [5, 5.41) is 17.1. The van der Waals surface area contributed by atoms with Gasteiger partial charge in [-0.1, -0.05) is 6.07 Å². The van der Waals surface area contributed by atoms with Crippen molar-refractivity contribution in [2.24, 2.45) is 12.0 Å². The number of aromatic nitrogens is 2. The van der Waals surface area contributed by atoms with Gasteiger partial charge in [0.15, 0.2) is 0 Å². The van der Waals surface area contributed by atoms with E-state index in [-0.39, 0.29) is 12.0 Å². The van der Waals surface area contributed by atoms with Crippen LogP contribution in [0.15, 0.2) is 65.3 Å². The van der Waals surface area contributed by atoms with E-state index in [9.17, 15) is 9.90 Å². The van der Waals surface area contributed by atoms with Gasteiger partial charge in [0.2, 0.25) is 0 Å². The number of carbonyl (C=O) groups is 1. The summed E-state index contributed by atoms with van der Waals surface area (Å²) in [7, 11) is 1.97. The molecule has 0 aliphatic carbocycles. The average Bonchev–Trinajstić information content (AvgIpc) is 3.56. The van der Waals surface area contributed by atoms with Crippen molar-refractivity contribution >= 4 is 29.3 Å². The molecule has 1 aromatic carbocycles. The number of aliphatic hydroxyl groups is 1. The highest BCUT2D eigenvalue weighted by atomic mass is 16.3. The molecule has 3 aromatic rings. The van der Waals surface area contributed by atoms with Gasteiger partial charge in [-0.05, 0) is 67.1 Å². The normalized spacial score (nSPS) is 18.4. The standard InChI is InChI=1S/C26H28N6O2/c1-16(32-13-9-17(33)15-32)4-7-23(27-2)30-22-6-5-18(21-14-29-26(34)24(21)22)19-8-11-28-25-20(19)10-12-31(25)3/h4-8,10-12,17,30,33H,2,9,13-15H2,1,3H3,(H,29,34)/b16-4+,23-7+/t17-/m1/s1. The van der Waals surface area contributed by atoms with Gasteiger partial charge in [-0.2, -0.15) is 0 Å². The van der Waals surface area contributed by atoms with Crippen molar-refractivity contribution in [3.05, 3.63) is 71.5 Å². The summed E-state index contributed by atoms with van der Waals surface area (Å²) in [5.74, 6) is 0.432. The Bertz CT molecular complexity index is 1350. The lowest BCUT2D eigenvalue weighted by atomic mass is 9.94. The van der Waals surface area contributed by atoms with Gasteiger partial charge in [-0.15, -0.1) is 0 Å². The number of rotatable bonds is 6. The molecule has 174 valence electrons. The van der Waals surface area contributed by atoms with Crippen molar-refractivity contribution in [1.82, 2.24) is 19.8 Å². The first-order chi connectivity index (χ1) is 16.5. The minimum absolute atomic E-state index is 0.112. The molecule has 8 nitrogen and oxygen atoms in total. The van der Waals surface area contributed by atoms with Crippen LogP contribution in [-0.2, 0) is 13.6 Å². The maximum Gasteiger partial charge on any atom is 0.254 e. The van der Waals surface area contributed by atoms with E-state index in [1.807, 2.05) is 55.1 Å². The van der Waals surface area contributed by atoms with Crippen LogP contribution in [0, 0.1) is 0 Å². The van der Waals surface area contributed by atoms with Crippen molar-refractivity contribution in [3.8, 4) is 11.1 Å². The van der Waals surface area contributed by atoms with Crippen LogP contribution in [0.5, 0.6) is 0 Å². The Morgan fingerprint density at radius 2 is 2.15 bits per heavy atom. The Morgan fingerprint density at radius 1 is 1.29 bits per heavy atom. The number of nitrogens with one attached hydrogen (secondary N) is 2. The van der Waals surface area contributed by atoms with Crippen LogP contribution in [-0.4, -0.2) is 51.4 Å². The van der Waals surface area contributed by atoms with Gasteiger partial charge in [0.05, 0.1) is 17.4 Å². The fraction of sp³-hybridized carbons (Fsp3) is 0.269. The molecule has 1 fully saturated rings. The number of pyridine rings is 1. The number of fused-ring (bicyclic) bond motifs is 2. The number of nitrogens with zero attached hydrogens (tertiary/aromatic N) is 4. The molecule has 1 atom stereocenters. The van der Waals surface area contributed by atoms with Gasteiger partial charge in [-0.25, -0.2) is 9.98 Å². The number of amides is 1. The minimum Gasteiger partial charge on any atom is -0.391 e. The highest BCUT2D eigenvalue weighted by Gasteiger charge is 2.27. The van der Waals surface area contributed by atoms with E-state index in [4.69, 9.17) is 0 Å². The zero-order chi connectivity index (χ0) is 23.8. The molecule has 4 heterocycles. The number of hydrogen-bond acceptors (Lipinski definition) is 6. The zero-order valence-electron chi connectivity index (χ0n) is 19.4. The monoisotopic (exact) mass is 456 g/mol. The van der Waals surface area contributed by atoms with Crippen molar-refractivity contribution in [2.45, 2.75) is 26.0 Å². The Balaban J connectivity index is 1.49. The summed E-state index contributed by atoms with van der Waals surface area (Å²) in [5.41, 5.74) is 6.27. The van der Waals surface area contributed by atoms with Crippen LogP contribution in [0.2, 0.25) is 0 Å². The second-order valence-corrected chi connectivity index (χ2v) is 8.75. The molecule has 2 aromatic heterocycles. The number of hydrogen-bond donors (Lipinski definition) is 3. The number of carbonyl (C=O) groups excluding carboxylic acids is 1. The molecule has 34 heavy (non-hydrogen) atoms. The van der Waals surface area contributed by atoms with Crippen molar-refractivity contribution < 1.29 is 9.90 Å². The highest BCUT2D eigenvalue weighted by Crippen LogP contribution is 2.37. The lowest BCUT2D eigenvalue weighted by molar-refractivity contribution is 0.0966. The summed E-state index contributed by atoms with van der Waals surface area (Å²) in [6.07, 6.45) is 8.09. The first kappa shape index (κ1) is 21.9. The van der Waals surface area contributed by atoms with Crippen LogP contribution in [0.3, 0.4) is 0 Å². The van der Waals surface area contributed by atoms with E-state index >= 15 is 0 Å². The number of aliphatic imine (C=N–C) groups is 1. The molecule has 5 rings (SSSR count). The Morgan fingerprint density at radius 3 is 2.91 bits per heavy atom. The minimum atomic E-state index is -0.278. The third kappa shape index (κ3) is 3.86. The second-order valence-electron chi connectivity index (χ2n) is 8.75. The van der Waals surface area contributed by atoms with Gasteiger partial charge in [0, 0.05) is 50.2 Å². The number of likely N-dealkylation sites (tertiary alicyclic amines) is 1. The van der Waals surface area contributed by atoms with Gasteiger partial charge in [0.25, 0.3) is 5.91 Å². The number of allylic oxidation sites excluding steroid dienone is 3. The topological polar surface area (TPSA) is 94.8 Å². The molecule has 2 aliphatic rings. The first-order valence-electron chi connectivity index (χ1n) is 11.4. The van der Waals surface area contributed by atoms with Crippen molar-refractivity contribution in [1.29, 1.82) is 0 Å². The molecular formula is C26H28N6O2. The maximum absolute atomic E-state index is 12.8. The summed E-state index contributed by atoms with van der Waals surface area (Å²) < 4.78 is 1.99. The summed E-state index contributed by atoms with van der Waals surface area (Å²) in [6.45, 7) is 7.63. The van der Waals surface area contributed by atoms with Crippen LogP contribution in [0.1, 0.15) is 29.3 Å². The van der Waals surface area contributed by atoms with Crippen LogP contribution in [0.4, 0.5) is 5.69 Å². The Labute approximate surface area is 198 Å². The largest absolute Gasteiger partial charge is 0.391 e. The lowest BCUT2D eigenvalue weighted by Gasteiger charge is -2.18. The van der Waals surface area contributed by atoms with Crippen LogP contribution in [0.25, 0.3) is 22.2 Å². The fourth-order valence-corrected chi connectivity index (χ4v) is 4.74. The number of aliphatic hydroxyl groups excluding tert-OH is 1. The summed E-state index contributed by atoms with van der Waals surface area (Å²) in [6, 6.07) is 8.00. The quantitative estimate of drug-likeness (QED) is 0.390. The second kappa shape index (κ2) is 8.79. The molecule has 0 saturated carbocycles. The van der Waals surface area contributed by atoms with E-state index in [0.717, 1.165) is 46.4 Å². The van der Waals surface area contributed by atoms with Gasteiger partial charge in [0.1, 0.15) is 11.5 Å². The summed E-state index contributed by atoms with van der Waals surface area (Å²) >= 11 is 0. The average molecular weight is 457 g/mol. The number of β-amino-alcohol motifs (C(OH)–C–C–N with tert-alkyl or cyclic N) is 1. The van der Waals surface area contributed by atoms with Crippen molar-refractivity contribution in [3.63, 3.8) is 0 Å². The number of benzene rings is 1. The fourth-order valence-electron chi connectivity index (χ4n) is 4.74. The Hall–Kier alpha value is -3.91. The van der Waals surface area contributed by atoms with Crippen molar-refractivity contribution in [2.75, 3.05) is 18.4 Å². The Kier molecular flexibility index (Phi) is 5.67. The molecule has 0 bridgehead atoms. The third-order valence-corrected chi connectivity index (χ3v) is 6.60. The number of anilines is 1. The predicted molar refractivity (Wildman–Crippen MR) is 135 cm³/mol. The molecular weight excluding hydrogens is 428 g/mol. The predicted octanol–water partition coefficient (Wildman–Crippen LogP) is 3.41. The molecule has 0 spiro atoms. The zero-order valence-corrected chi connectivity index (χ0v) is 19.4. The highest BCUT2D eigenvalue weighted by molar-refractivity contribution is 6.07. The van der Waals surface area contributed by atoms with Crippen LogP contribution < -0.4 is 10.6 Å². The van der Waals surface area contributed by atoms with Crippen LogP contribution >= 0.6 is 0 Å². The molecule has 0 radical (unpaired) electrons. The maximum atomic E-state index is 12.8. The smallest absolute Gasteiger partial charge is 0.254 e. The van der Waals surface area contributed by atoms with E-state index in [2.05, 4.69) is 38.3 Å². The molecule has 1 amide bonds. The number of aryl methyl sites for hydroxylation is 1. The molecule has 0 unspecified atom stereocenters. The van der Waals surface area contributed by atoms with Gasteiger partial charge >= 0.3 is 0 Å². The third-order valence-electron chi connectivity index (χ3n) is 6.60. The molecule has 8 heteroatoms. The summed E-state index contributed by atoms with van der Waals surface area (Å²) in [4.78, 5) is 23.5. The lowest BCUT2D eigenvalue weighted by Crippen LogP contribution is -2.19. The SMILES string of the molecule is C=N/C(=C\C=C(/C)N1CC[C@@H](O)C1)Nc1ccc(-c2ccnc3c2ccn3C)c2c1C(=O)NC2. The molecule has 2 aliphatic heterocycles. The van der Waals surface area contributed by atoms with E-state index in [1.165, 1.54) is 0 Å². The van der Waals surface area contributed by atoms with Gasteiger partial charge < -0.3 is 25.2 Å². The molecule has 1 saturated heterocycles. The van der Waals surface area contributed by atoms with E-state index < -0.39 is 0 Å². The molecule has 3 N–H and O–H groups in total.